The summed E-state index contributed by atoms with van der Waals surface area (Å²) >= 11 is 0. The first kappa shape index (κ1) is 23.0. The number of amides is 1. The third-order valence-corrected chi connectivity index (χ3v) is 6.60. The first-order chi connectivity index (χ1) is 15.3. The number of rotatable bonds is 8. The van der Waals surface area contributed by atoms with Crippen LogP contribution in [0.1, 0.15) is 17.5 Å². The molecule has 3 aromatic carbocycles. The summed E-state index contributed by atoms with van der Waals surface area (Å²) in [6.07, 6.45) is 0.199. The molecule has 0 spiro atoms. The molecular formula is C25H24N2O4S. The monoisotopic (exact) mass is 448 g/mol. The average Bonchev–Trinajstić information content (AvgIpc) is 2.78. The number of nitrogens with zero attached hydrogens (tertiary/aromatic N) is 2. The molecule has 0 saturated carbocycles. The second-order valence-electron chi connectivity index (χ2n) is 7.38. The molecule has 0 aliphatic rings. The SMILES string of the molecule is Cc1cc(C)cc(N(CCC#N)C(=O)COc2ccc(S(=O)(=O)c3ccccc3)cc2)c1. The van der Waals surface area contributed by atoms with Crippen molar-refractivity contribution < 1.29 is 17.9 Å². The summed E-state index contributed by atoms with van der Waals surface area (Å²) in [6, 6.07) is 22.0. The van der Waals surface area contributed by atoms with Gasteiger partial charge in [0.25, 0.3) is 5.91 Å². The first-order valence-electron chi connectivity index (χ1n) is 10.1. The van der Waals surface area contributed by atoms with E-state index in [1.807, 2.05) is 32.0 Å². The Kier molecular flexibility index (Phi) is 7.29. The molecular weight excluding hydrogens is 424 g/mol. The van der Waals surface area contributed by atoms with E-state index in [9.17, 15) is 13.2 Å². The van der Waals surface area contributed by atoms with E-state index in [4.69, 9.17) is 10.00 Å². The van der Waals surface area contributed by atoms with Gasteiger partial charge in [0.05, 0.1) is 22.3 Å². The Morgan fingerprint density at radius 1 is 0.938 bits per heavy atom. The van der Waals surface area contributed by atoms with Gasteiger partial charge in [-0.15, -0.1) is 0 Å². The lowest BCUT2D eigenvalue weighted by Gasteiger charge is -2.23. The first-order valence-corrected chi connectivity index (χ1v) is 11.6. The number of ether oxygens (including phenoxy) is 1. The van der Waals surface area contributed by atoms with Crippen molar-refractivity contribution in [2.45, 2.75) is 30.1 Å². The maximum Gasteiger partial charge on any atom is 0.264 e. The van der Waals surface area contributed by atoms with Crippen LogP contribution in [0.25, 0.3) is 0 Å². The summed E-state index contributed by atoms with van der Waals surface area (Å²) in [5.41, 5.74) is 2.76. The van der Waals surface area contributed by atoms with Crippen molar-refractivity contribution in [1.29, 1.82) is 5.26 Å². The molecule has 0 bridgehead atoms. The average molecular weight is 449 g/mol. The van der Waals surface area contributed by atoms with E-state index in [2.05, 4.69) is 6.07 Å². The van der Waals surface area contributed by atoms with Gasteiger partial charge in [-0.3, -0.25) is 4.79 Å². The van der Waals surface area contributed by atoms with Crippen LogP contribution in [0.2, 0.25) is 0 Å². The Labute approximate surface area is 188 Å². The molecule has 0 fully saturated rings. The van der Waals surface area contributed by atoms with Crippen LogP contribution in [0.3, 0.4) is 0 Å². The lowest BCUT2D eigenvalue weighted by Crippen LogP contribution is -2.35. The van der Waals surface area contributed by atoms with Crippen LogP contribution in [-0.4, -0.2) is 27.5 Å². The van der Waals surface area contributed by atoms with Gasteiger partial charge < -0.3 is 9.64 Å². The summed E-state index contributed by atoms with van der Waals surface area (Å²) in [7, 11) is -3.62. The van der Waals surface area contributed by atoms with Crippen molar-refractivity contribution >= 4 is 21.4 Å². The highest BCUT2D eigenvalue weighted by Gasteiger charge is 2.19. The smallest absolute Gasteiger partial charge is 0.264 e. The van der Waals surface area contributed by atoms with Crippen molar-refractivity contribution in [1.82, 2.24) is 0 Å². The lowest BCUT2D eigenvalue weighted by atomic mass is 10.1. The van der Waals surface area contributed by atoms with Crippen LogP contribution in [-0.2, 0) is 14.6 Å². The molecule has 0 N–H and O–H groups in total. The van der Waals surface area contributed by atoms with Crippen LogP contribution in [0.15, 0.2) is 82.6 Å². The minimum absolute atomic E-state index is 0.147. The van der Waals surface area contributed by atoms with Gasteiger partial charge in [-0.2, -0.15) is 5.26 Å². The van der Waals surface area contributed by atoms with Gasteiger partial charge >= 0.3 is 0 Å². The van der Waals surface area contributed by atoms with Gasteiger partial charge in [-0.05, 0) is 73.5 Å². The molecule has 0 aliphatic heterocycles. The molecule has 3 rings (SSSR count). The van der Waals surface area contributed by atoms with E-state index in [0.717, 1.165) is 16.8 Å². The second-order valence-corrected chi connectivity index (χ2v) is 9.33. The third-order valence-electron chi connectivity index (χ3n) is 4.82. The molecule has 1 amide bonds. The number of aryl methyl sites for hydroxylation is 2. The Balaban J connectivity index is 1.72. The molecule has 7 heteroatoms. The van der Waals surface area contributed by atoms with Crippen molar-refractivity contribution in [2.75, 3.05) is 18.1 Å². The Morgan fingerprint density at radius 2 is 1.53 bits per heavy atom. The van der Waals surface area contributed by atoms with Crippen LogP contribution in [0.4, 0.5) is 5.69 Å². The standard InChI is InChI=1S/C25H24N2O4S/c1-19-15-20(2)17-21(16-19)27(14-6-13-26)25(28)18-31-22-9-11-24(12-10-22)32(29,30)23-7-4-3-5-8-23/h3-5,7-12,15-17H,6,14,18H2,1-2H3. The van der Waals surface area contributed by atoms with E-state index in [0.29, 0.717) is 5.75 Å². The van der Waals surface area contributed by atoms with Gasteiger partial charge in [0.2, 0.25) is 9.84 Å². The Hall–Kier alpha value is -3.63. The van der Waals surface area contributed by atoms with Crippen molar-refractivity contribution in [3.05, 3.63) is 83.9 Å². The molecule has 0 unspecified atom stereocenters. The van der Waals surface area contributed by atoms with Crippen LogP contribution < -0.4 is 9.64 Å². The summed E-state index contributed by atoms with van der Waals surface area (Å²) in [6.45, 7) is 3.93. The highest BCUT2D eigenvalue weighted by molar-refractivity contribution is 7.91. The minimum atomic E-state index is -3.62. The van der Waals surface area contributed by atoms with Gasteiger partial charge in [0.1, 0.15) is 5.75 Å². The predicted octanol–water partition coefficient (Wildman–Crippen LogP) is 4.46. The summed E-state index contributed by atoms with van der Waals surface area (Å²) in [5, 5.41) is 8.97. The lowest BCUT2D eigenvalue weighted by molar-refractivity contribution is -0.120. The fraction of sp³-hybridized carbons (Fsp3) is 0.200. The van der Waals surface area contributed by atoms with Crippen molar-refractivity contribution in [3.63, 3.8) is 0 Å². The number of nitriles is 1. The number of anilines is 1. The number of hydrogen-bond acceptors (Lipinski definition) is 5. The zero-order valence-corrected chi connectivity index (χ0v) is 18.8. The highest BCUT2D eigenvalue weighted by Crippen LogP contribution is 2.23. The van der Waals surface area contributed by atoms with E-state index in [-0.39, 0.29) is 35.3 Å². The number of carbonyl (C=O) groups excluding carboxylic acids is 1. The van der Waals surface area contributed by atoms with Crippen LogP contribution in [0, 0.1) is 25.2 Å². The summed E-state index contributed by atoms with van der Waals surface area (Å²) in [5.74, 6) is 0.0947. The maximum absolute atomic E-state index is 12.9. The van der Waals surface area contributed by atoms with E-state index in [1.165, 1.54) is 29.2 Å². The van der Waals surface area contributed by atoms with Crippen molar-refractivity contribution in [2.24, 2.45) is 0 Å². The Bertz CT molecular complexity index is 1210. The normalized spacial score (nSPS) is 10.9. The molecule has 0 aliphatic carbocycles. The molecule has 0 saturated heterocycles. The highest BCUT2D eigenvalue weighted by atomic mass is 32.2. The molecule has 0 atom stereocenters. The zero-order valence-electron chi connectivity index (χ0n) is 18.0. The second kappa shape index (κ2) is 10.1. The molecule has 6 nitrogen and oxygen atoms in total. The van der Waals surface area contributed by atoms with Crippen LogP contribution in [0.5, 0.6) is 5.75 Å². The van der Waals surface area contributed by atoms with Gasteiger partial charge in [-0.1, -0.05) is 24.3 Å². The fourth-order valence-corrected chi connectivity index (χ4v) is 4.62. The Morgan fingerprint density at radius 3 is 2.12 bits per heavy atom. The van der Waals surface area contributed by atoms with Crippen LogP contribution >= 0.6 is 0 Å². The van der Waals surface area contributed by atoms with E-state index in [1.54, 1.807) is 30.3 Å². The van der Waals surface area contributed by atoms with E-state index >= 15 is 0 Å². The minimum Gasteiger partial charge on any atom is -0.484 e. The number of sulfone groups is 1. The molecule has 32 heavy (non-hydrogen) atoms. The molecule has 0 radical (unpaired) electrons. The quantitative estimate of drug-likeness (QED) is 0.508. The van der Waals surface area contributed by atoms with E-state index < -0.39 is 9.84 Å². The molecule has 0 aromatic heterocycles. The molecule has 164 valence electrons. The largest absolute Gasteiger partial charge is 0.484 e. The number of carbonyl (C=O) groups is 1. The number of benzene rings is 3. The fourth-order valence-electron chi connectivity index (χ4n) is 3.34. The molecule has 3 aromatic rings. The van der Waals surface area contributed by atoms with Gasteiger partial charge in [-0.25, -0.2) is 8.42 Å². The molecule has 0 heterocycles. The maximum atomic E-state index is 12.9. The topological polar surface area (TPSA) is 87.5 Å². The zero-order chi connectivity index (χ0) is 23.1. The summed E-state index contributed by atoms with van der Waals surface area (Å²) < 4.78 is 31.0. The van der Waals surface area contributed by atoms with Crippen molar-refractivity contribution in [3.8, 4) is 11.8 Å². The van der Waals surface area contributed by atoms with Gasteiger partial charge in [0.15, 0.2) is 6.61 Å². The summed E-state index contributed by atoms with van der Waals surface area (Å²) in [4.78, 5) is 14.8. The van der Waals surface area contributed by atoms with Gasteiger partial charge in [0, 0.05) is 12.2 Å². The third kappa shape index (κ3) is 5.54. The number of hydrogen-bond donors (Lipinski definition) is 0. The predicted molar refractivity (Wildman–Crippen MR) is 122 cm³/mol.